The van der Waals surface area contributed by atoms with Gasteiger partial charge in [0.05, 0.1) is 26.0 Å². The van der Waals surface area contributed by atoms with Crippen molar-refractivity contribution in [1.29, 1.82) is 0 Å². The van der Waals surface area contributed by atoms with E-state index in [0.29, 0.717) is 30.1 Å². The summed E-state index contributed by atoms with van der Waals surface area (Å²) < 4.78 is 10.7. The molecule has 7 heteroatoms. The van der Waals surface area contributed by atoms with Crippen LogP contribution in [0, 0.1) is 22.2 Å². The summed E-state index contributed by atoms with van der Waals surface area (Å²) in [6.07, 6.45) is 4.61. The van der Waals surface area contributed by atoms with Gasteiger partial charge in [-0.05, 0) is 90.7 Å². The van der Waals surface area contributed by atoms with E-state index in [1.54, 1.807) is 20.3 Å². The quantitative estimate of drug-likeness (QED) is 0.432. The Morgan fingerprint density at radius 1 is 1.09 bits per heavy atom. The summed E-state index contributed by atoms with van der Waals surface area (Å²) in [7, 11) is 3.22. The maximum absolute atomic E-state index is 11.6. The van der Waals surface area contributed by atoms with E-state index >= 15 is 0 Å². The summed E-state index contributed by atoms with van der Waals surface area (Å²) in [6, 6.07) is 11.3. The number of aromatic hydroxyl groups is 1. The van der Waals surface area contributed by atoms with Crippen LogP contribution in [-0.4, -0.2) is 31.1 Å². The van der Waals surface area contributed by atoms with Crippen LogP contribution in [0.15, 0.2) is 46.7 Å². The van der Waals surface area contributed by atoms with Gasteiger partial charge in [0.1, 0.15) is 12.4 Å². The highest BCUT2D eigenvalue weighted by Crippen LogP contribution is 2.62. The Labute approximate surface area is 200 Å². The number of methoxy groups -OCH3 is 2. The van der Waals surface area contributed by atoms with Crippen LogP contribution in [0.5, 0.6) is 17.2 Å². The Balaban J connectivity index is 1.47. The van der Waals surface area contributed by atoms with Gasteiger partial charge in [0, 0.05) is 5.56 Å². The zero-order valence-electron chi connectivity index (χ0n) is 20.0. The van der Waals surface area contributed by atoms with Crippen LogP contribution in [0.25, 0.3) is 0 Å². The Kier molecular flexibility index (Phi) is 5.96. The second-order valence-electron chi connectivity index (χ2n) is 10.1. The van der Waals surface area contributed by atoms with Gasteiger partial charge in [-0.1, -0.05) is 29.4 Å². The largest absolute Gasteiger partial charge is 0.504 e. The van der Waals surface area contributed by atoms with Crippen molar-refractivity contribution < 1.29 is 19.4 Å². The van der Waals surface area contributed by atoms with E-state index in [1.165, 1.54) is 0 Å². The molecule has 180 valence electrons. The molecule has 0 amide bonds. The van der Waals surface area contributed by atoms with E-state index in [-0.39, 0.29) is 17.2 Å². The van der Waals surface area contributed by atoms with Crippen LogP contribution < -0.4 is 9.47 Å². The lowest BCUT2D eigenvalue weighted by atomic mass is 9.55. The average Bonchev–Trinajstić information content (AvgIpc) is 3.20. The maximum Gasteiger partial charge on any atom is 0.160 e. The molecule has 5 atom stereocenters. The van der Waals surface area contributed by atoms with E-state index in [1.807, 2.05) is 30.3 Å². The third kappa shape index (κ3) is 3.71. The van der Waals surface area contributed by atoms with Crippen LogP contribution in [0.3, 0.4) is 0 Å². The van der Waals surface area contributed by atoms with Crippen molar-refractivity contribution >= 4 is 5.71 Å². The molecule has 2 fully saturated rings. The first-order chi connectivity index (χ1) is 16.5. The van der Waals surface area contributed by atoms with Gasteiger partial charge < -0.3 is 19.4 Å². The van der Waals surface area contributed by atoms with Gasteiger partial charge in [0.15, 0.2) is 11.5 Å². The summed E-state index contributed by atoms with van der Waals surface area (Å²) in [6.45, 7) is 2.59. The van der Waals surface area contributed by atoms with Gasteiger partial charge in [0.2, 0.25) is 0 Å². The van der Waals surface area contributed by atoms with Crippen molar-refractivity contribution in [2.24, 2.45) is 27.6 Å². The van der Waals surface area contributed by atoms with Gasteiger partial charge in [-0.2, -0.15) is 4.91 Å². The van der Waals surface area contributed by atoms with Gasteiger partial charge in [-0.3, -0.25) is 0 Å². The van der Waals surface area contributed by atoms with Gasteiger partial charge in [-0.25, -0.2) is 0 Å². The van der Waals surface area contributed by atoms with E-state index in [2.05, 4.69) is 17.3 Å². The lowest BCUT2D eigenvalue weighted by Crippen LogP contribution is -2.44. The number of benzene rings is 2. The number of phenols is 1. The molecule has 0 aromatic heterocycles. The van der Waals surface area contributed by atoms with Crippen LogP contribution in [-0.2, 0) is 11.4 Å². The minimum Gasteiger partial charge on any atom is -0.504 e. The number of fused-ring (bicyclic) bond motifs is 5. The second-order valence-corrected chi connectivity index (χ2v) is 10.1. The summed E-state index contributed by atoms with van der Waals surface area (Å²) in [5.74, 6) is 2.49. The molecule has 0 aliphatic heterocycles. The molecule has 1 N–H and O–H groups in total. The molecule has 7 nitrogen and oxygen atoms in total. The Morgan fingerprint density at radius 2 is 1.88 bits per heavy atom. The second kappa shape index (κ2) is 8.93. The molecule has 34 heavy (non-hydrogen) atoms. The molecule has 0 bridgehead atoms. The highest BCUT2D eigenvalue weighted by Gasteiger charge is 2.56. The van der Waals surface area contributed by atoms with E-state index < -0.39 is 0 Å². The number of hydrogen-bond acceptors (Lipinski definition) is 7. The molecule has 3 aliphatic rings. The molecule has 5 rings (SSSR count). The minimum absolute atomic E-state index is 0.0590. The van der Waals surface area contributed by atoms with Gasteiger partial charge in [0.25, 0.3) is 0 Å². The number of nitrogens with zero attached hydrogens (tertiary/aromatic N) is 2. The normalized spacial score (nSPS) is 30.7. The van der Waals surface area contributed by atoms with Gasteiger partial charge >= 0.3 is 0 Å². The van der Waals surface area contributed by atoms with Crippen LogP contribution in [0.1, 0.15) is 61.6 Å². The van der Waals surface area contributed by atoms with Crippen molar-refractivity contribution in [3.63, 3.8) is 0 Å². The number of ether oxygens (including phenoxy) is 2. The molecule has 3 aliphatic carbocycles. The van der Waals surface area contributed by atoms with Crippen molar-refractivity contribution in [2.75, 3.05) is 14.2 Å². The van der Waals surface area contributed by atoms with Crippen LogP contribution in [0.4, 0.5) is 0 Å². The summed E-state index contributed by atoms with van der Waals surface area (Å²) in [5.41, 5.74) is 3.87. The first-order valence-corrected chi connectivity index (χ1v) is 12.0. The summed E-state index contributed by atoms with van der Waals surface area (Å²) in [4.78, 5) is 17.4. The number of oxime groups is 1. The highest BCUT2D eigenvalue weighted by molar-refractivity contribution is 6.03. The monoisotopic (exact) mass is 464 g/mol. The molecule has 0 saturated heterocycles. The van der Waals surface area contributed by atoms with Crippen LogP contribution >= 0.6 is 0 Å². The van der Waals surface area contributed by atoms with Crippen molar-refractivity contribution in [1.82, 2.24) is 0 Å². The minimum atomic E-state index is -0.110. The molecular weight excluding hydrogens is 432 g/mol. The van der Waals surface area contributed by atoms with Crippen LogP contribution in [0.2, 0.25) is 0 Å². The maximum atomic E-state index is 11.6. The predicted octanol–water partition coefficient (Wildman–Crippen LogP) is 5.78. The first kappa shape index (κ1) is 22.7. The van der Waals surface area contributed by atoms with Crippen molar-refractivity contribution in [3.05, 3.63) is 58.0 Å². The standard InChI is InChI=1S/C27H32N2O5/c1-27-11-10-18-19-14-25(33-3)24(30)13-21(19)23(12-20(18)22(27)8-9-26(27)28-31)29-34-15-16-4-6-17(32-2)7-5-16/h4-7,13-14,18,20,22,26,30H,8-12,15H2,1-3H3/t18-,20-,22+,26?,27+/m1/s1. The zero-order valence-corrected chi connectivity index (χ0v) is 20.0. The topological polar surface area (TPSA) is 89.7 Å². The molecule has 0 radical (unpaired) electrons. The number of phenolic OH excluding ortho intramolecular Hbond substituents is 1. The Bertz CT molecular complexity index is 1100. The molecule has 2 aromatic rings. The highest BCUT2D eigenvalue weighted by atomic mass is 16.6. The molecule has 2 saturated carbocycles. The Morgan fingerprint density at radius 3 is 2.59 bits per heavy atom. The van der Waals surface area contributed by atoms with E-state index in [0.717, 1.165) is 60.3 Å². The fourth-order valence-electron chi connectivity index (χ4n) is 6.73. The number of nitroso groups, excluding NO2 is 1. The van der Waals surface area contributed by atoms with E-state index in [4.69, 9.17) is 14.3 Å². The zero-order chi connectivity index (χ0) is 23.9. The molecule has 0 spiro atoms. The SMILES string of the molecule is COc1ccc(CON=C2C[C@@H]3[C@H](CC[C@]4(C)C(N=O)CC[C@@H]34)c3cc(OC)c(O)cc32)cc1. The first-order valence-electron chi connectivity index (χ1n) is 12.0. The number of hydrogen-bond donors (Lipinski definition) is 1. The number of rotatable bonds is 6. The summed E-state index contributed by atoms with van der Waals surface area (Å²) >= 11 is 0. The third-order valence-corrected chi connectivity index (χ3v) is 8.57. The summed E-state index contributed by atoms with van der Waals surface area (Å²) in [5, 5.41) is 18.6. The molecule has 0 heterocycles. The fraction of sp³-hybridized carbons (Fsp3) is 0.519. The van der Waals surface area contributed by atoms with Gasteiger partial charge in [-0.15, -0.1) is 0 Å². The lowest BCUT2D eigenvalue weighted by molar-refractivity contribution is 0.0591. The fourth-order valence-corrected chi connectivity index (χ4v) is 6.73. The smallest absolute Gasteiger partial charge is 0.160 e. The van der Waals surface area contributed by atoms with Crippen molar-refractivity contribution in [3.8, 4) is 17.2 Å². The molecule has 1 unspecified atom stereocenters. The average molecular weight is 465 g/mol. The third-order valence-electron chi connectivity index (χ3n) is 8.57. The molecular formula is C27H32N2O5. The molecule has 2 aromatic carbocycles. The van der Waals surface area contributed by atoms with Crippen molar-refractivity contribution in [2.45, 2.75) is 57.6 Å². The Hall–Kier alpha value is -3.09. The predicted molar refractivity (Wildman–Crippen MR) is 129 cm³/mol. The lowest BCUT2D eigenvalue weighted by Gasteiger charge is -2.49. The van der Waals surface area contributed by atoms with E-state index in [9.17, 15) is 10.0 Å².